The summed E-state index contributed by atoms with van der Waals surface area (Å²) in [7, 11) is 1.95. The highest BCUT2D eigenvalue weighted by Crippen LogP contribution is 2.32. The highest BCUT2D eigenvalue weighted by Gasteiger charge is 2.38. The van der Waals surface area contributed by atoms with E-state index in [9.17, 15) is 18.0 Å². The molecule has 0 unspecified atom stereocenters. The average molecular weight is 456 g/mol. The molecule has 12 heteroatoms. The number of aliphatic carboxylic acids is 1. The lowest BCUT2D eigenvalue weighted by molar-refractivity contribution is -0.192. The molecule has 1 amide bonds. The van der Waals surface area contributed by atoms with E-state index in [0.29, 0.717) is 18.9 Å². The van der Waals surface area contributed by atoms with Crippen LogP contribution in [0.4, 0.5) is 13.2 Å². The first kappa shape index (κ1) is 23.8. The lowest BCUT2D eigenvalue weighted by atomic mass is 10.3. The van der Waals surface area contributed by atoms with Crippen molar-refractivity contribution in [1.29, 1.82) is 0 Å². The molecule has 4 rings (SSSR count). The number of imidazole rings is 1. The van der Waals surface area contributed by atoms with E-state index < -0.39 is 12.1 Å². The van der Waals surface area contributed by atoms with Gasteiger partial charge in [-0.05, 0) is 18.8 Å². The van der Waals surface area contributed by atoms with Gasteiger partial charge in [-0.1, -0.05) is 0 Å². The molecule has 0 radical (unpaired) electrons. The van der Waals surface area contributed by atoms with Crippen molar-refractivity contribution < 1.29 is 27.9 Å². The molecule has 32 heavy (non-hydrogen) atoms. The van der Waals surface area contributed by atoms with Crippen molar-refractivity contribution in [2.75, 3.05) is 13.1 Å². The van der Waals surface area contributed by atoms with E-state index >= 15 is 0 Å². The number of alkyl halides is 3. The maximum atomic E-state index is 11.9. The number of aryl methyl sites for hydroxylation is 1. The van der Waals surface area contributed by atoms with E-state index in [1.807, 2.05) is 24.1 Å². The normalized spacial score (nSPS) is 16.5. The molecule has 2 N–H and O–H groups in total. The van der Waals surface area contributed by atoms with Gasteiger partial charge in [0.15, 0.2) is 0 Å². The first-order chi connectivity index (χ1) is 15.1. The number of fused-ring (bicyclic) bond motifs is 1. The molecular formula is C20H27F3N6O3. The number of rotatable bonds is 6. The van der Waals surface area contributed by atoms with Gasteiger partial charge in [-0.3, -0.25) is 14.4 Å². The van der Waals surface area contributed by atoms with Crippen LogP contribution in [0.2, 0.25) is 0 Å². The Labute approximate surface area is 183 Å². The van der Waals surface area contributed by atoms with Crippen LogP contribution in [-0.4, -0.2) is 60.5 Å². The number of hydrogen-bond donors (Lipinski definition) is 2. The van der Waals surface area contributed by atoms with Gasteiger partial charge in [0, 0.05) is 57.8 Å². The lowest BCUT2D eigenvalue weighted by Crippen LogP contribution is -2.27. The lowest BCUT2D eigenvalue weighted by Gasteiger charge is -2.18. The maximum Gasteiger partial charge on any atom is 0.490 e. The Morgan fingerprint density at radius 2 is 1.94 bits per heavy atom. The van der Waals surface area contributed by atoms with Crippen LogP contribution in [-0.2, 0) is 42.7 Å². The largest absolute Gasteiger partial charge is 0.490 e. The van der Waals surface area contributed by atoms with E-state index in [1.165, 1.54) is 18.4 Å². The maximum absolute atomic E-state index is 11.9. The second-order valence-electron chi connectivity index (χ2n) is 8.09. The predicted molar refractivity (Wildman–Crippen MR) is 107 cm³/mol. The zero-order valence-electron chi connectivity index (χ0n) is 17.8. The fourth-order valence-electron chi connectivity index (χ4n) is 3.49. The van der Waals surface area contributed by atoms with Crippen LogP contribution in [0.1, 0.15) is 36.3 Å². The van der Waals surface area contributed by atoms with Gasteiger partial charge in [0.2, 0.25) is 5.91 Å². The zero-order valence-corrected chi connectivity index (χ0v) is 17.8. The SMILES string of the molecule is Cn1cc(CN2CCc3ncc(CNC(=O)CC4CC4)n3CC2)cn1.O=C(O)C(F)(F)F. The summed E-state index contributed by atoms with van der Waals surface area (Å²) in [5, 5.41) is 14.4. The molecular weight excluding hydrogens is 429 g/mol. The molecule has 176 valence electrons. The van der Waals surface area contributed by atoms with Crippen LogP contribution in [0.15, 0.2) is 18.6 Å². The number of carboxylic acids is 1. The molecule has 1 saturated carbocycles. The van der Waals surface area contributed by atoms with Crippen molar-refractivity contribution in [1.82, 2.24) is 29.5 Å². The standard InChI is InChI=1S/C18H26N6O.C2HF3O2/c1-22-12-15(9-21-22)13-23-5-4-17-19-10-16(24(17)7-6-23)11-20-18(25)8-14-2-3-14;3-2(4,5)1(6)7/h9-10,12,14H,2-8,11,13H2,1H3,(H,20,25);(H,6,7). The van der Waals surface area contributed by atoms with E-state index in [0.717, 1.165) is 44.1 Å². The molecule has 9 nitrogen and oxygen atoms in total. The van der Waals surface area contributed by atoms with Gasteiger partial charge in [0.1, 0.15) is 5.82 Å². The number of carbonyl (C=O) groups is 2. The molecule has 0 bridgehead atoms. The molecule has 2 aromatic rings. The number of hydrogen-bond acceptors (Lipinski definition) is 5. The first-order valence-electron chi connectivity index (χ1n) is 10.4. The Morgan fingerprint density at radius 3 is 2.53 bits per heavy atom. The number of nitrogens with one attached hydrogen (secondary N) is 1. The van der Waals surface area contributed by atoms with Crippen LogP contribution in [0, 0.1) is 5.92 Å². The van der Waals surface area contributed by atoms with E-state index in [4.69, 9.17) is 9.90 Å². The van der Waals surface area contributed by atoms with Crippen LogP contribution in [0.5, 0.6) is 0 Å². The summed E-state index contributed by atoms with van der Waals surface area (Å²) >= 11 is 0. The third-order valence-electron chi connectivity index (χ3n) is 5.36. The van der Waals surface area contributed by atoms with E-state index in [-0.39, 0.29) is 5.91 Å². The fourth-order valence-corrected chi connectivity index (χ4v) is 3.49. The minimum atomic E-state index is -5.08. The minimum absolute atomic E-state index is 0.171. The number of amides is 1. The molecule has 0 aromatic carbocycles. The topological polar surface area (TPSA) is 105 Å². The summed E-state index contributed by atoms with van der Waals surface area (Å²) in [6.07, 6.45) is 4.89. The summed E-state index contributed by atoms with van der Waals surface area (Å²) in [6, 6.07) is 0. The summed E-state index contributed by atoms with van der Waals surface area (Å²) in [5.41, 5.74) is 2.36. The molecule has 0 spiro atoms. The number of halogens is 3. The van der Waals surface area contributed by atoms with Crippen LogP contribution < -0.4 is 5.32 Å². The minimum Gasteiger partial charge on any atom is -0.475 e. The monoisotopic (exact) mass is 456 g/mol. The van der Waals surface area contributed by atoms with Crippen molar-refractivity contribution in [2.24, 2.45) is 13.0 Å². The van der Waals surface area contributed by atoms with E-state index in [1.54, 1.807) is 0 Å². The van der Waals surface area contributed by atoms with Gasteiger partial charge in [-0.2, -0.15) is 18.3 Å². The Balaban J connectivity index is 0.000000360. The number of carbonyl (C=O) groups excluding carboxylic acids is 1. The van der Waals surface area contributed by atoms with Crippen molar-refractivity contribution in [3.05, 3.63) is 35.7 Å². The summed E-state index contributed by atoms with van der Waals surface area (Å²) in [6.45, 7) is 4.41. The fraction of sp³-hybridized carbons (Fsp3) is 0.600. The number of carboxylic acid groups (broad SMARTS) is 1. The summed E-state index contributed by atoms with van der Waals surface area (Å²) < 4.78 is 35.9. The Kier molecular flexibility index (Phi) is 7.54. The second-order valence-corrected chi connectivity index (χ2v) is 8.09. The highest BCUT2D eigenvalue weighted by molar-refractivity contribution is 5.76. The van der Waals surface area contributed by atoms with Gasteiger partial charge in [-0.25, -0.2) is 9.78 Å². The van der Waals surface area contributed by atoms with Gasteiger partial charge in [0.05, 0.1) is 24.6 Å². The third-order valence-corrected chi connectivity index (χ3v) is 5.36. The molecule has 2 aromatic heterocycles. The average Bonchev–Trinajstić information content (AvgIpc) is 3.36. The number of aromatic nitrogens is 4. The number of nitrogens with zero attached hydrogens (tertiary/aromatic N) is 5. The Morgan fingerprint density at radius 1 is 1.22 bits per heavy atom. The van der Waals surface area contributed by atoms with Crippen molar-refractivity contribution >= 4 is 11.9 Å². The van der Waals surface area contributed by atoms with Gasteiger partial charge in [0.25, 0.3) is 0 Å². The molecule has 0 atom stereocenters. The van der Waals surface area contributed by atoms with Crippen molar-refractivity contribution in [3.8, 4) is 0 Å². The molecule has 3 heterocycles. The molecule has 1 aliphatic heterocycles. The quantitative estimate of drug-likeness (QED) is 0.686. The summed E-state index contributed by atoms with van der Waals surface area (Å²) in [5.74, 6) is -0.832. The summed E-state index contributed by atoms with van der Waals surface area (Å²) in [4.78, 5) is 27.8. The molecule has 0 saturated heterocycles. The van der Waals surface area contributed by atoms with Gasteiger partial charge < -0.3 is 15.0 Å². The van der Waals surface area contributed by atoms with Crippen LogP contribution in [0.3, 0.4) is 0 Å². The van der Waals surface area contributed by atoms with Crippen LogP contribution >= 0.6 is 0 Å². The van der Waals surface area contributed by atoms with Crippen molar-refractivity contribution in [2.45, 2.75) is 51.5 Å². The van der Waals surface area contributed by atoms with Crippen LogP contribution in [0.25, 0.3) is 0 Å². The first-order valence-corrected chi connectivity index (χ1v) is 10.4. The van der Waals surface area contributed by atoms with E-state index in [2.05, 4.69) is 31.1 Å². The van der Waals surface area contributed by atoms with Crippen molar-refractivity contribution in [3.63, 3.8) is 0 Å². The molecule has 1 aliphatic carbocycles. The Bertz CT molecular complexity index is 935. The predicted octanol–water partition coefficient (Wildman–Crippen LogP) is 1.72. The third kappa shape index (κ3) is 7.08. The zero-order chi connectivity index (χ0) is 23.3. The molecule has 1 fully saturated rings. The smallest absolute Gasteiger partial charge is 0.475 e. The molecule has 2 aliphatic rings. The van der Waals surface area contributed by atoms with Gasteiger partial charge >= 0.3 is 12.1 Å². The Hall–Kier alpha value is -2.89. The van der Waals surface area contributed by atoms with Gasteiger partial charge in [-0.15, -0.1) is 0 Å². The highest BCUT2D eigenvalue weighted by atomic mass is 19.4. The second kappa shape index (κ2) is 10.2.